The minimum absolute atomic E-state index is 0.240. The van der Waals surface area contributed by atoms with Gasteiger partial charge in [-0.1, -0.05) is 12.1 Å². The van der Waals surface area contributed by atoms with Crippen LogP contribution in [0.3, 0.4) is 0 Å². The van der Waals surface area contributed by atoms with Gasteiger partial charge in [-0.2, -0.15) is 0 Å². The molecule has 2 aromatic rings. The zero-order valence-electron chi connectivity index (χ0n) is 9.81. The smallest absolute Gasteiger partial charge is 0.137 e. The van der Waals surface area contributed by atoms with Crippen molar-refractivity contribution in [2.24, 2.45) is 0 Å². The average Bonchev–Trinajstić information content (AvgIpc) is 2.32. The van der Waals surface area contributed by atoms with Crippen molar-refractivity contribution in [3.8, 4) is 0 Å². The number of halogens is 3. The van der Waals surface area contributed by atoms with Crippen molar-refractivity contribution >= 4 is 37.5 Å². The van der Waals surface area contributed by atoms with Gasteiger partial charge in [0, 0.05) is 16.7 Å². The first-order valence-electron chi connectivity index (χ1n) is 5.50. The fourth-order valence-corrected chi connectivity index (χ4v) is 2.67. The van der Waals surface area contributed by atoms with Gasteiger partial charge in [0.05, 0.1) is 4.47 Å². The molecule has 4 heteroatoms. The number of hydrogen-bond acceptors (Lipinski definition) is 1. The lowest BCUT2D eigenvalue weighted by atomic mass is 10.2. The molecule has 0 saturated carbocycles. The number of nitrogens with one attached hydrogen (secondary N) is 1. The van der Waals surface area contributed by atoms with E-state index in [1.54, 1.807) is 12.1 Å². The van der Waals surface area contributed by atoms with Gasteiger partial charge >= 0.3 is 0 Å². The van der Waals surface area contributed by atoms with E-state index in [9.17, 15) is 4.39 Å². The van der Waals surface area contributed by atoms with Crippen LogP contribution in [-0.4, -0.2) is 0 Å². The predicted octanol–water partition coefficient (Wildman–Crippen LogP) is 5.27. The van der Waals surface area contributed by atoms with Gasteiger partial charge in [0.25, 0.3) is 0 Å². The number of hydrogen-bond donors (Lipinski definition) is 1. The molecule has 0 radical (unpaired) electrons. The second-order valence-electron chi connectivity index (χ2n) is 4.09. The molecule has 0 bridgehead atoms. The van der Waals surface area contributed by atoms with Crippen molar-refractivity contribution in [2.75, 3.05) is 5.32 Å². The molecule has 0 heterocycles. The summed E-state index contributed by atoms with van der Waals surface area (Å²) in [5.41, 5.74) is 3.26. The highest BCUT2D eigenvalue weighted by Crippen LogP contribution is 2.24. The lowest BCUT2D eigenvalue weighted by molar-refractivity contribution is 0.620. The molecule has 2 aromatic carbocycles. The van der Waals surface area contributed by atoms with Crippen LogP contribution < -0.4 is 5.32 Å². The molecule has 0 aliphatic heterocycles. The van der Waals surface area contributed by atoms with E-state index in [-0.39, 0.29) is 5.82 Å². The summed E-state index contributed by atoms with van der Waals surface area (Å²) in [6, 6.07) is 11.2. The molecule has 0 unspecified atom stereocenters. The van der Waals surface area contributed by atoms with E-state index in [1.807, 2.05) is 19.1 Å². The monoisotopic (exact) mass is 371 g/mol. The van der Waals surface area contributed by atoms with Gasteiger partial charge in [0.2, 0.25) is 0 Å². The molecule has 0 aromatic heterocycles. The Morgan fingerprint density at radius 3 is 2.50 bits per heavy atom. The number of benzene rings is 2. The summed E-state index contributed by atoms with van der Waals surface area (Å²) in [7, 11) is 0. The average molecular weight is 373 g/mol. The van der Waals surface area contributed by atoms with E-state index >= 15 is 0 Å². The molecular formula is C14H12Br2FN. The molecule has 2 rings (SSSR count). The maximum Gasteiger partial charge on any atom is 0.137 e. The third-order valence-electron chi connectivity index (χ3n) is 2.59. The second kappa shape index (κ2) is 5.85. The quantitative estimate of drug-likeness (QED) is 0.773. The van der Waals surface area contributed by atoms with E-state index in [0.717, 1.165) is 15.7 Å². The summed E-state index contributed by atoms with van der Waals surface area (Å²) in [5.74, 6) is -0.240. The van der Waals surface area contributed by atoms with Gasteiger partial charge in [0.1, 0.15) is 5.82 Å². The molecule has 1 N–H and O–H groups in total. The van der Waals surface area contributed by atoms with Crippen LogP contribution in [0.2, 0.25) is 0 Å². The minimum Gasteiger partial charge on any atom is -0.380 e. The Morgan fingerprint density at radius 1 is 1.06 bits per heavy atom. The fraction of sp³-hybridized carbons (Fsp3) is 0.143. The van der Waals surface area contributed by atoms with Crippen molar-refractivity contribution < 1.29 is 4.39 Å². The van der Waals surface area contributed by atoms with Crippen LogP contribution in [0.4, 0.5) is 10.1 Å². The lowest BCUT2D eigenvalue weighted by Crippen LogP contribution is -2.00. The van der Waals surface area contributed by atoms with E-state index < -0.39 is 0 Å². The second-order valence-corrected chi connectivity index (χ2v) is 5.79. The molecular weight excluding hydrogens is 361 g/mol. The van der Waals surface area contributed by atoms with Gasteiger partial charge in [-0.05, 0) is 74.2 Å². The molecule has 0 amide bonds. The molecule has 0 spiro atoms. The Balaban J connectivity index is 2.09. The Hall–Kier alpha value is -0.870. The minimum atomic E-state index is -0.240. The summed E-state index contributed by atoms with van der Waals surface area (Å²) in [4.78, 5) is 0. The van der Waals surface area contributed by atoms with Crippen molar-refractivity contribution in [1.29, 1.82) is 0 Å². The van der Waals surface area contributed by atoms with E-state index in [2.05, 4.69) is 43.2 Å². The highest BCUT2D eigenvalue weighted by molar-refractivity contribution is 9.10. The molecule has 0 aliphatic carbocycles. The Kier molecular flexibility index (Phi) is 4.40. The standard InChI is InChI=1S/C14H12Br2FN/c1-9-2-5-14(12(16)6-9)18-8-10-3-4-13(17)11(15)7-10/h2-7,18H,8H2,1H3. The van der Waals surface area contributed by atoms with Gasteiger partial charge in [-0.15, -0.1) is 0 Å². The molecule has 0 aliphatic rings. The highest BCUT2D eigenvalue weighted by Gasteiger charge is 2.02. The van der Waals surface area contributed by atoms with Crippen molar-refractivity contribution in [1.82, 2.24) is 0 Å². The summed E-state index contributed by atoms with van der Waals surface area (Å²) < 4.78 is 14.6. The molecule has 94 valence electrons. The summed E-state index contributed by atoms with van der Waals surface area (Å²) in [6.07, 6.45) is 0. The summed E-state index contributed by atoms with van der Waals surface area (Å²) >= 11 is 6.70. The fourth-order valence-electron chi connectivity index (χ4n) is 1.61. The zero-order chi connectivity index (χ0) is 13.1. The molecule has 1 nitrogen and oxygen atoms in total. The maximum atomic E-state index is 13.1. The van der Waals surface area contributed by atoms with E-state index in [1.165, 1.54) is 11.6 Å². The Morgan fingerprint density at radius 2 is 1.83 bits per heavy atom. The summed E-state index contributed by atoms with van der Waals surface area (Å²) in [6.45, 7) is 2.70. The lowest BCUT2D eigenvalue weighted by Gasteiger charge is -2.09. The van der Waals surface area contributed by atoms with Crippen LogP contribution in [-0.2, 0) is 6.54 Å². The number of anilines is 1. The first-order chi connectivity index (χ1) is 8.56. The SMILES string of the molecule is Cc1ccc(NCc2ccc(F)c(Br)c2)c(Br)c1. The maximum absolute atomic E-state index is 13.1. The largest absolute Gasteiger partial charge is 0.380 e. The topological polar surface area (TPSA) is 12.0 Å². The van der Waals surface area contributed by atoms with Crippen LogP contribution in [0.5, 0.6) is 0 Å². The predicted molar refractivity (Wildman–Crippen MR) is 80.3 cm³/mol. The highest BCUT2D eigenvalue weighted by atomic mass is 79.9. The number of aryl methyl sites for hydroxylation is 1. The number of rotatable bonds is 3. The first kappa shape index (κ1) is 13.6. The molecule has 0 fully saturated rings. The molecule has 0 saturated heterocycles. The van der Waals surface area contributed by atoms with Crippen LogP contribution in [0.15, 0.2) is 45.3 Å². The first-order valence-corrected chi connectivity index (χ1v) is 7.09. The van der Waals surface area contributed by atoms with Crippen molar-refractivity contribution in [3.05, 3.63) is 62.3 Å². The van der Waals surface area contributed by atoms with Gasteiger partial charge in [-0.3, -0.25) is 0 Å². The van der Waals surface area contributed by atoms with Crippen LogP contribution in [0.25, 0.3) is 0 Å². The normalized spacial score (nSPS) is 10.4. The molecule has 18 heavy (non-hydrogen) atoms. The van der Waals surface area contributed by atoms with E-state index in [4.69, 9.17) is 0 Å². The summed E-state index contributed by atoms with van der Waals surface area (Å²) in [5, 5.41) is 3.31. The Bertz CT molecular complexity index is 570. The van der Waals surface area contributed by atoms with Crippen LogP contribution >= 0.6 is 31.9 Å². The van der Waals surface area contributed by atoms with Crippen LogP contribution in [0, 0.1) is 12.7 Å². The third-order valence-corrected chi connectivity index (χ3v) is 3.86. The zero-order valence-corrected chi connectivity index (χ0v) is 13.0. The van der Waals surface area contributed by atoms with Gasteiger partial charge in [0.15, 0.2) is 0 Å². The van der Waals surface area contributed by atoms with E-state index in [0.29, 0.717) is 11.0 Å². The van der Waals surface area contributed by atoms with Crippen LogP contribution in [0.1, 0.15) is 11.1 Å². The third kappa shape index (κ3) is 3.33. The van der Waals surface area contributed by atoms with Crippen molar-refractivity contribution in [3.63, 3.8) is 0 Å². The van der Waals surface area contributed by atoms with Gasteiger partial charge < -0.3 is 5.32 Å². The molecule has 0 atom stereocenters. The van der Waals surface area contributed by atoms with Crippen molar-refractivity contribution in [2.45, 2.75) is 13.5 Å². The Labute approximate surface area is 123 Å². The van der Waals surface area contributed by atoms with Gasteiger partial charge in [-0.25, -0.2) is 4.39 Å².